The third-order valence-electron chi connectivity index (χ3n) is 4.50. The van der Waals surface area contributed by atoms with E-state index in [9.17, 15) is 13.2 Å². The van der Waals surface area contributed by atoms with Crippen LogP contribution in [0.2, 0.25) is 0 Å². The van der Waals surface area contributed by atoms with E-state index in [1.165, 1.54) is 34.6 Å². The largest absolute Gasteiger partial charge is 0.391 e. The van der Waals surface area contributed by atoms with E-state index in [0.29, 0.717) is 12.8 Å². The second-order valence-corrected chi connectivity index (χ2v) is 7.22. The highest BCUT2D eigenvalue weighted by Crippen LogP contribution is 2.37. The van der Waals surface area contributed by atoms with Crippen molar-refractivity contribution in [2.45, 2.75) is 63.7 Å². The molecule has 0 aromatic carbocycles. The van der Waals surface area contributed by atoms with Crippen molar-refractivity contribution >= 4 is 11.3 Å². The van der Waals surface area contributed by atoms with E-state index in [0.717, 1.165) is 13.0 Å². The number of fused-ring (bicyclic) bond motifs is 1. The van der Waals surface area contributed by atoms with Crippen molar-refractivity contribution in [2.75, 3.05) is 0 Å². The van der Waals surface area contributed by atoms with Gasteiger partial charge in [0.15, 0.2) is 0 Å². The van der Waals surface area contributed by atoms with Crippen molar-refractivity contribution < 1.29 is 13.2 Å². The van der Waals surface area contributed by atoms with E-state index in [1.54, 1.807) is 0 Å². The third kappa shape index (κ3) is 3.19. The summed E-state index contributed by atoms with van der Waals surface area (Å²) in [5.74, 6) is -1.11. The summed E-state index contributed by atoms with van der Waals surface area (Å²) in [6.45, 7) is 0.729. The van der Waals surface area contributed by atoms with Gasteiger partial charge in [0.05, 0.1) is 5.92 Å². The fraction of sp³-hybridized carbons (Fsp3) is 0.733. The van der Waals surface area contributed by atoms with Crippen LogP contribution in [-0.4, -0.2) is 12.2 Å². The number of hydrogen-bond acceptors (Lipinski definition) is 2. The first-order chi connectivity index (χ1) is 9.52. The number of thiophene rings is 1. The predicted octanol–water partition coefficient (Wildman–Crippen LogP) is 4.45. The lowest BCUT2D eigenvalue weighted by atomic mass is 9.85. The third-order valence-corrected chi connectivity index (χ3v) is 5.74. The van der Waals surface area contributed by atoms with Gasteiger partial charge in [0.1, 0.15) is 0 Å². The van der Waals surface area contributed by atoms with Gasteiger partial charge in [-0.2, -0.15) is 13.2 Å². The lowest BCUT2D eigenvalue weighted by Gasteiger charge is -2.31. The molecule has 0 radical (unpaired) electrons. The normalized spacial score (nSPS) is 26.8. The zero-order valence-electron chi connectivity index (χ0n) is 11.4. The first kappa shape index (κ1) is 14.4. The topological polar surface area (TPSA) is 12.0 Å². The van der Waals surface area contributed by atoms with Gasteiger partial charge in [-0.3, -0.25) is 0 Å². The van der Waals surface area contributed by atoms with E-state index < -0.39 is 12.1 Å². The maximum Gasteiger partial charge on any atom is 0.391 e. The molecule has 1 nitrogen and oxygen atoms in total. The number of rotatable bonds is 3. The Kier molecular flexibility index (Phi) is 4.09. The molecule has 1 N–H and O–H groups in total. The van der Waals surface area contributed by atoms with Crippen molar-refractivity contribution in [1.82, 2.24) is 5.32 Å². The molecule has 1 fully saturated rings. The quantitative estimate of drug-likeness (QED) is 0.870. The van der Waals surface area contributed by atoms with Crippen LogP contribution in [0, 0.1) is 5.92 Å². The molecule has 2 aliphatic rings. The molecule has 2 aliphatic carbocycles. The fourth-order valence-corrected chi connectivity index (χ4v) is 4.61. The molecule has 112 valence electrons. The molecule has 1 aromatic rings. The smallest absolute Gasteiger partial charge is 0.309 e. The number of aryl methyl sites for hydroxylation is 2. The molecule has 1 aromatic heterocycles. The molecule has 2 atom stereocenters. The molecular formula is C15H20F3NS. The van der Waals surface area contributed by atoms with Gasteiger partial charge in [-0.25, -0.2) is 0 Å². The Balaban J connectivity index is 1.52. The van der Waals surface area contributed by atoms with Crippen LogP contribution in [0.25, 0.3) is 0 Å². The van der Waals surface area contributed by atoms with Crippen LogP contribution < -0.4 is 5.32 Å². The van der Waals surface area contributed by atoms with Gasteiger partial charge in [-0.15, -0.1) is 11.3 Å². The Morgan fingerprint density at radius 1 is 1.20 bits per heavy atom. The molecule has 0 amide bonds. The number of alkyl halides is 3. The van der Waals surface area contributed by atoms with Crippen molar-refractivity contribution in [3.8, 4) is 0 Å². The maximum absolute atomic E-state index is 12.8. The van der Waals surface area contributed by atoms with Gasteiger partial charge in [0.25, 0.3) is 0 Å². The zero-order chi connectivity index (χ0) is 14.2. The Morgan fingerprint density at radius 3 is 2.80 bits per heavy atom. The summed E-state index contributed by atoms with van der Waals surface area (Å²) in [6, 6.07) is 2.26. The van der Waals surface area contributed by atoms with E-state index in [4.69, 9.17) is 0 Å². The Bertz CT molecular complexity index is 445. The molecule has 1 heterocycles. The molecule has 0 saturated heterocycles. The Labute approximate surface area is 121 Å². The van der Waals surface area contributed by atoms with E-state index in [-0.39, 0.29) is 12.5 Å². The average molecular weight is 303 g/mol. The summed E-state index contributed by atoms with van der Waals surface area (Å²) in [7, 11) is 0. The number of nitrogens with one attached hydrogen (secondary N) is 1. The zero-order valence-corrected chi connectivity index (χ0v) is 12.2. The SMILES string of the molecule is FC(F)(F)C1CCCC(NCc2cc3c(s2)CCC3)C1. The molecule has 2 unspecified atom stereocenters. The van der Waals surface area contributed by atoms with Gasteiger partial charge in [-0.1, -0.05) is 6.42 Å². The summed E-state index contributed by atoms with van der Waals surface area (Å²) in [4.78, 5) is 2.77. The van der Waals surface area contributed by atoms with Crippen LogP contribution in [0.15, 0.2) is 6.07 Å². The average Bonchev–Trinajstić information content (AvgIpc) is 2.96. The minimum absolute atomic E-state index is 0.0207. The summed E-state index contributed by atoms with van der Waals surface area (Å²) < 4.78 is 38.3. The lowest BCUT2D eigenvalue weighted by Crippen LogP contribution is -2.38. The van der Waals surface area contributed by atoms with Crippen LogP contribution in [0.4, 0.5) is 13.2 Å². The summed E-state index contributed by atoms with van der Waals surface area (Å²) in [5.41, 5.74) is 1.46. The number of halogens is 3. The molecule has 1 saturated carbocycles. The molecule has 0 bridgehead atoms. The first-order valence-electron chi connectivity index (χ1n) is 7.43. The van der Waals surface area contributed by atoms with E-state index >= 15 is 0 Å². The van der Waals surface area contributed by atoms with E-state index in [2.05, 4.69) is 11.4 Å². The maximum atomic E-state index is 12.8. The van der Waals surface area contributed by atoms with Crippen molar-refractivity contribution in [2.24, 2.45) is 5.92 Å². The highest BCUT2D eigenvalue weighted by Gasteiger charge is 2.41. The van der Waals surface area contributed by atoms with Gasteiger partial charge < -0.3 is 5.32 Å². The molecular weight excluding hydrogens is 283 g/mol. The summed E-state index contributed by atoms with van der Waals surface area (Å²) in [6.07, 6.45) is 1.68. The Hall–Kier alpha value is -0.550. The fourth-order valence-electron chi connectivity index (χ4n) is 3.40. The van der Waals surface area contributed by atoms with Gasteiger partial charge in [0.2, 0.25) is 0 Å². The van der Waals surface area contributed by atoms with Crippen LogP contribution in [-0.2, 0) is 19.4 Å². The minimum atomic E-state index is -4.02. The molecule has 20 heavy (non-hydrogen) atoms. The molecule has 5 heteroatoms. The predicted molar refractivity (Wildman–Crippen MR) is 75.0 cm³/mol. The second-order valence-electron chi connectivity index (χ2n) is 6.00. The standard InChI is InChI=1S/C15H20F3NS/c16-15(17,18)11-4-2-5-12(8-11)19-9-13-7-10-3-1-6-14(10)20-13/h7,11-12,19H,1-6,8-9H2. The van der Waals surface area contributed by atoms with Crippen LogP contribution in [0.5, 0.6) is 0 Å². The minimum Gasteiger partial charge on any atom is -0.309 e. The second kappa shape index (κ2) is 5.68. The van der Waals surface area contributed by atoms with Gasteiger partial charge in [-0.05, 0) is 50.2 Å². The Morgan fingerprint density at radius 2 is 2.05 bits per heavy atom. The highest BCUT2D eigenvalue weighted by molar-refractivity contribution is 7.12. The highest BCUT2D eigenvalue weighted by atomic mass is 32.1. The van der Waals surface area contributed by atoms with Gasteiger partial charge >= 0.3 is 6.18 Å². The van der Waals surface area contributed by atoms with Gasteiger partial charge in [0, 0.05) is 22.3 Å². The lowest BCUT2D eigenvalue weighted by molar-refractivity contribution is -0.183. The number of hydrogen-bond donors (Lipinski definition) is 1. The van der Waals surface area contributed by atoms with E-state index in [1.807, 2.05) is 11.3 Å². The van der Waals surface area contributed by atoms with Crippen LogP contribution in [0.1, 0.15) is 47.4 Å². The summed E-state index contributed by atoms with van der Waals surface area (Å²) in [5, 5.41) is 3.34. The molecule has 0 aliphatic heterocycles. The first-order valence-corrected chi connectivity index (χ1v) is 8.24. The summed E-state index contributed by atoms with van der Waals surface area (Å²) >= 11 is 1.83. The molecule has 3 rings (SSSR count). The van der Waals surface area contributed by atoms with Crippen LogP contribution in [0.3, 0.4) is 0 Å². The monoisotopic (exact) mass is 303 g/mol. The van der Waals surface area contributed by atoms with Crippen molar-refractivity contribution in [3.05, 3.63) is 21.4 Å². The van der Waals surface area contributed by atoms with Crippen molar-refractivity contribution in [3.63, 3.8) is 0 Å². The van der Waals surface area contributed by atoms with Crippen LogP contribution >= 0.6 is 11.3 Å². The van der Waals surface area contributed by atoms with Crippen molar-refractivity contribution in [1.29, 1.82) is 0 Å². The molecule has 0 spiro atoms.